The van der Waals surface area contributed by atoms with Crippen LogP contribution >= 0.6 is 11.8 Å². The number of fused-ring (bicyclic) bond motifs is 1. The summed E-state index contributed by atoms with van der Waals surface area (Å²) in [7, 11) is -3.44. The molecule has 140 valence electrons. The number of hydrogen-bond acceptors (Lipinski definition) is 6. The molecule has 1 aromatic heterocycles. The lowest BCUT2D eigenvalue weighted by molar-refractivity contribution is 0.466. The molecule has 0 unspecified atom stereocenters. The van der Waals surface area contributed by atoms with Crippen LogP contribution in [0.2, 0.25) is 0 Å². The summed E-state index contributed by atoms with van der Waals surface area (Å²) >= 11 is 1.29. The normalized spacial score (nSPS) is 12.0. The van der Waals surface area contributed by atoms with E-state index in [0.29, 0.717) is 16.9 Å². The third-order valence-electron chi connectivity index (χ3n) is 4.08. The zero-order chi connectivity index (χ0) is 19.4. The van der Waals surface area contributed by atoms with E-state index in [1.54, 1.807) is 36.4 Å². The molecule has 0 saturated heterocycles. The van der Waals surface area contributed by atoms with E-state index in [2.05, 4.69) is 10.2 Å². The molecule has 0 fully saturated rings. The molecule has 5 nitrogen and oxygen atoms in total. The fourth-order valence-corrected chi connectivity index (χ4v) is 4.50. The third-order valence-corrected chi connectivity index (χ3v) is 6.33. The molecular weight excluding hydrogens is 392 g/mol. The van der Waals surface area contributed by atoms with Gasteiger partial charge in [0, 0.05) is 16.7 Å². The lowest BCUT2D eigenvalue weighted by Crippen LogP contribution is -1.95. The smallest absolute Gasteiger partial charge is 0.277 e. The van der Waals surface area contributed by atoms with E-state index >= 15 is 0 Å². The van der Waals surface area contributed by atoms with Crippen molar-refractivity contribution in [1.82, 2.24) is 10.2 Å². The van der Waals surface area contributed by atoms with Gasteiger partial charge >= 0.3 is 0 Å². The molecule has 0 aliphatic carbocycles. The summed E-state index contributed by atoms with van der Waals surface area (Å²) in [4.78, 5) is 0.271. The standard InChI is InChI=1S/C21H16N2O3S2/c24-28(25,17-10-2-1-3-11-17)15-7-14-27-21-23-22-20(26-21)19-13-6-9-16-8-4-5-12-18(16)19/h1-13,15H,14H2/b15-7+. The summed E-state index contributed by atoms with van der Waals surface area (Å²) in [5.41, 5.74) is 0.875. The molecule has 0 atom stereocenters. The summed E-state index contributed by atoms with van der Waals surface area (Å²) < 4.78 is 30.2. The Bertz CT molecular complexity index is 1230. The average molecular weight is 409 g/mol. The SMILES string of the molecule is O=S(=O)(/C=C/CSc1nnc(-c2cccc3ccccc23)o1)c1ccccc1. The average Bonchev–Trinajstić information content (AvgIpc) is 3.20. The summed E-state index contributed by atoms with van der Waals surface area (Å²) in [6.07, 6.45) is 1.58. The second-order valence-corrected chi connectivity index (χ2v) is 8.75. The first kappa shape index (κ1) is 18.5. The van der Waals surface area contributed by atoms with Crippen molar-refractivity contribution >= 4 is 32.4 Å². The Balaban J connectivity index is 1.46. The van der Waals surface area contributed by atoms with Crippen LogP contribution in [0, 0.1) is 0 Å². The summed E-state index contributed by atoms with van der Waals surface area (Å²) in [5.74, 6) is 0.851. The molecule has 0 aliphatic heterocycles. The van der Waals surface area contributed by atoms with Crippen LogP contribution in [0.25, 0.3) is 22.2 Å². The number of rotatable bonds is 6. The molecule has 7 heteroatoms. The first-order chi connectivity index (χ1) is 13.6. The summed E-state index contributed by atoms with van der Waals surface area (Å²) in [6.45, 7) is 0. The van der Waals surface area contributed by atoms with Gasteiger partial charge in [0.25, 0.3) is 5.22 Å². The van der Waals surface area contributed by atoms with Crippen LogP contribution in [0.15, 0.2) is 98.8 Å². The highest BCUT2D eigenvalue weighted by Crippen LogP contribution is 2.29. The highest BCUT2D eigenvalue weighted by Gasteiger charge is 2.12. The third kappa shape index (κ3) is 4.00. The summed E-state index contributed by atoms with van der Waals surface area (Å²) in [6, 6.07) is 22.2. The van der Waals surface area contributed by atoms with Crippen molar-refractivity contribution in [1.29, 1.82) is 0 Å². The molecule has 1 heterocycles. The van der Waals surface area contributed by atoms with Gasteiger partial charge in [0.15, 0.2) is 9.84 Å². The Morgan fingerprint density at radius 2 is 1.64 bits per heavy atom. The second-order valence-electron chi connectivity index (χ2n) is 5.94. The van der Waals surface area contributed by atoms with Gasteiger partial charge in [0.2, 0.25) is 5.89 Å². The Morgan fingerprint density at radius 3 is 2.50 bits per heavy atom. The van der Waals surface area contributed by atoms with Crippen LogP contribution < -0.4 is 0 Å². The van der Waals surface area contributed by atoms with E-state index in [1.165, 1.54) is 17.2 Å². The van der Waals surface area contributed by atoms with Crippen molar-refractivity contribution in [2.75, 3.05) is 5.75 Å². The van der Waals surface area contributed by atoms with E-state index < -0.39 is 9.84 Å². The zero-order valence-electron chi connectivity index (χ0n) is 14.7. The van der Waals surface area contributed by atoms with E-state index in [9.17, 15) is 8.42 Å². The van der Waals surface area contributed by atoms with Gasteiger partial charge in [-0.2, -0.15) is 0 Å². The molecule has 0 bridgehead atoms. The monoisotopic (exact) mass is 408 g/mol. The summed E-state index contributed by atoms with van der Waals surface area (Å²) in [5, 5.41) is 11.9. The zero-order valence-corrected chi connectivity index (χ0v) is 16.4. The number of sulfone groups is 1. The van der Waals surface area contributed by atoms with Crippen molar-refractivity contribution < 1.29 is 12.8 Å². The lowest BCUT2D eigenvalue weighted by atomic mass is 10.0. The van der Waals surface area contributed by atoms with Crippen molar-refractivity contribution in [3.05, 3.63) is 84.3 Å². The number of nitrogens with zero attached hydrogens (tertiary/aromatic N) is 2. The minimum atomic E-state index is -3.44. The van der Waals surface area contributed by atoms with Gasteiger partial charge in [0.1, 0.15) is 0 Å². The van der Waals surface area contributed by atoms with Crippen LogP contribution in [-0.2, 0) is 9.84 Å². The first-order valence-electron chi connectivity index (χ1n) is 8.55. The molecular formula is C21H16N2O3S2. The molecule has 0 saturated carbocycles. The van der Waals surface area contributed by atoms with Gasteiger partial charge in [-0.3, -0.25) is 0 Å². The largest absolute Gasteiger partial charge is 0.411 e. The minimum Gasteiger partial charge on any atom is -0.411 e. The van der Waals surface area contributed by atoms with Crippen molar-refractivity contribution in [2.45, 2.75) is 10.1 Å². The quantitative estimate of drug-likeness (QED) is 0.420. The Morgan fingerprint density at radius 1 is 0.893 bits per heavy atom. The van der Waals surface area contributed by atoms with Crippen LogP contribution in [-0.4, -0.2) is 24.4 Å². The molecule has 4 aromatic rings. The molecule has 28 heavy (non-hydrogen) atoms. The van der Waals surface area contributed by atoms with Gasteiger partial charge in [-0.15, -0.1) is 10.2 Å². The number of benzene rings is 3. The highest BCUT2D eigenvalue weighted by atomic mass is 32.2. The van der Waals surface area contributed by atoms with Crippen molar-refractivity contribution in [3.8, 4) is 11.5 Å². The van der Waals surface area contributed by atoms with Gasteiger partial charge in [-0.05, 0) is 29.0 Å². The van der Waals surface area contributed by atoms with E-state index in [-0.39, 0.29) is 4.90 Å². The number of thioether (sulfide) groups is 1. The molecule has 3 aromatic carbocycles. The molecule has 0 N–H and O–H groups in total. The Labute approximate surface area is 167 Å². The van der Waals surface area contributed by atoms with Crippen LogP contribution in [0.5, 0.6) is 0 Å². The number of hydrogen-bond donors (Lipinski definition) is 0. The van der Waals surface area contributed by atoms with Gasteiger partial charge in [-0.1, -0.05) is 72.4 Å². The Hall–Kier alpha value is -2.90. The van der Waals surface area contributed by atoms with Crippen LogP contribution in [0.3, 0.4) is 0 Å². The van der Waals surface area contributed by atoms with E-state index in [0.717, 1.165) is 16.3 Å². The topological polar surface area (TPSA) is 73.1 Å². The van der Waals surface area contributed by atoms with Gasteiger partial charge in [-0.25, -0.2) is 8.42 Å². The predicted octanol–water partition coefficient (Wildman–Crippen LogP) is 4.97. The van der Waals surface area contributed by atoms with E-state index in [1.807, 2.05) is 42.5 Å². The van der Waals surface area contributed by atoms with Crippen LogP contribution in [0.4, 0.5) is 0 Å². The lowest BCUT2D eigenvalue weighted by Gasteiger charge is -2.01. The maximum atomic E-state index is 12.2. The predicted molar refractivity (Wildman–Crippen MR) is 111 cm³/mol. The van der Waals surface area contributed by atoms with E-state index in [4.69, 9.17) is 4.42 Å². The molecule has 0 radical (unpaired) electrons. The first-order valence-corrected chi connectivity index (χ1v) is 11.1. The fraction of sp³-hybridized carbons (Fsp3) is 0.0476. The van der Waals surface area contributed by atoms with Gasteiger partial charge in [0.05, 0.1) is 4.90 Å². The maximum Gasteiger partial charge on any atom is 0.277 e. The fourth-order valence-electron chi connectivity index (χ4n) is 2.76. The Kier molecular flexibility index (Phi) is 5.27. The molecule has 0 amide bonds. The second kappa shape index (κ2) is 8.00. The number of aromatic nitrogens is 2. The maximum absolute atomic E-state index is 12.2. The van der Waals surface area contributed by atoms with Crippen molar-refractivity contribution in [2.24, 2.45) is 0 Å². The minimum absolute atomic E-state index is 0.271. The van der Waals surface area contributed by atoms with Gasteiger partial charge < -0.3 is 4.42 Å². The molecule has 0 aliphatic rings. The molecule has 0 spiro atoms. The highest BCUT2D eigenvalue weighted by molar-refractivity contribution is 7.99. The van der Waals surface area contributed by atoms with Crippen LogP contribution in [0.1, 0.15) is 0 Å². The molecule has 4 rings (SSSR count). The van der Waals surface area contributed by atoms with Crippen molar-refractivity contribution in [3.63, 3.8) is 0 Å².